The van der Waals surface area contributed by atoms with Crippen molar-refractivity contribution in [3.05, 3.63) is 42.0 Å². The summed E-state index contributed by atoms with van der Waals surface area (Å²) < 4.78 is 27.6. The third-order valence-corrected chi connectivity index (χ3v) is 5.82. The molecule has 25 heavy (non-hydrogen) atoms. The number of phenols is 1. The van der Waals surface area contributed by atoms with E-state index in [2.05, 4.69) is 5.32 Å². The van der Waals surface area contributed by atoms with Gasteiger partial charge in [0.15, 0.2) is 16.4 Å². The quantitative estimate of drug-likeness (QED) is 0.785. The molecule has 2 aromatic carbocycles. The minimum absolute atomic E-state index is 0.0325. The fourth-order valence-corrected chi connectivity index (χ4v) is 4.48. The van der Waals surface area contributed by atoms with Gasteiger partial charge >= 0.3 is 5.97 Å². The van der Waals surface area contributed by atoms with Gasteiger partial charge in [0.2, 0.25) is 0 Å². The van der Waals surface area contributed by atoms with Gasteiger partial charge in [-0.25, -0.2) is 13.2 Å². The van der Waals surface area contributed by atoms with Crippen LogP contribution in [0.4, 0.5) is 0 Å². The average Bonchev–Trinajstić information content (AvgIpc) is 2.92. The molecule has 1 saturated heterocycles. The Morgan fingerprint density at radius 3 is 2.68 bits per heavy atom. The van der Waals surface area contributed by atoms with Gasteiger partial charge in [0, 0.05) is 11.4 Å². The van der Waals surface area contributed by atoms with E-state index in [9.17, 15) is 23.1 Å². The molecule has 0 aromatic heterocycles. The normalized spacial score (nSPS) is 18.8. The molecular weight excluding hydrogens is 346 g/mol. The van der Waals surface area contributed by atoms with E-state index in [4.69, 9.17) is 4.74 Å². The van der Waals surface area contributed by atoms with Crippen LogP contribution < -0.4 is 5.32 Å². The van der Waals surface area contributed by atoms with Crippen LogP contribution in [0.2, 0.25) is 0 Å². The molecule has 8 heteroatoms. The van der Waals surface area contributed by atoms with Crippen molar-refractivity contribution in [3.8, 4) is 5.75 Å². The molecular formula is C17H17NO6S. The van der Waals surface area contributed by atoms with E-state index in [0.717, 1.165) is 5.39 Å². The molecule has 0 bridgehead atoms. The third-order valence-electron chi connectivity index (χ3n) is 4.05. The van der Waals surface area contributed by atoms with Crippen LogP contribution in [0.5, 0.6) is 5.75 Å². The smallest absolute Gasteiger partial charge is 0.342 e. The number of rotatable bonds is 4. The zero-order valence-corrected chi connectivity index (χ0v) is 14.1. The fraction of sp³-hybridized carbons (Fsp3) is 0.294. The summed E-state index contributed by atoms with van der Waals surface area (Å²) in [4.78, 5) is 23.9. The Kier molecular flexibility index (Phi) is 4.63. The lowest BCUT2D eigenvalue weighted by Gasteiger charge is -2.12. The van der Waals surface area contributed by atoms with E-state index >= 15 is 0 Å². The summed E-state index contributed by atoms with van der Waals surface area (Å²) in [5.41, 5.74) is -0.0325. The fourth-order valence-electron chi connectivity index (χ4n) is 2.81. The van der Waals surface area contributed by atoms with Crippen LogP contribution >= 0.6 is 0 Å². The highest BCUT2D eigenvalue weighted by Crippen LogP contribution is 2.28. The molecule has 0 saturated carbocycles. The van der Waals surface area contributed by atoms with Gasteiger partial charge in [-0.05, 0) is 17.9 Å². The maximum Gasteiger partial charge on any atom is 0.342 e. The van der Waals surface area contributed by atoms with E-state index in [1.54, 1.807) is 24.3 Å². The largest absolute Gasteiger partial charge is 0.506 e. The minimum Gasteiger partial charge on any atom is -0.506 e. The van der Waals surface area contributed by atoms with E-state index in [-0.39, 0.29) is 22.8 Å². The molecule has 1 fully saturated rings. The molecule has 1 aliphatic rings. The number of esters is 1. The first-order valence-electron chi connectivity index (χ1n) is 7.73. The van der Waals surface area contributed by atoms with Crippen LogP contribution in [0.3, 0.4) is 0 Å². The number of nitrogens with one attached hydrogen (secondary N) is 1. The van der Waals surface area contributed by atoms with Crippen LogP contribution in [0.25, 0.3) is 10.8 Å². The number of ether oxygens (including phenoxy) is 1. The lowest BCUT2D eigenvalue weighted by Crippen LogP contribution is -2.38. The Bertz CT molecular complexity index is 937. The SMILES string of the molecule is O=C(COC(=O)c1ccc2ccccc2c1O)NC1CCS(=O)(=O)C1. The second-order valence-electron chi connectivity index (χ2n) is 5.93. The number of sulfone groups is 1. The standard InChI is InChI=1S/C17H17NO6S/c19-15(18-12-7-8-25(22,23)10-12)9-24-17(21)14-6-5-11-3-1-2-4-13(11)16(14)20/h1-6,12,20H,7-10H2,(H,18,19). The molecule has 3 rings (SSSR count). The number of carbonyl (C=O) groups excluding carboxylic acids is 2. The van der Waals surface area contributed by atoms with Gasteiger partial charge < -0.3 is 15.2 Å². The lowest BCUT2D eigenvalue weighted by atomic mass is 10.1. The van der Waals surface area contributed by atoms with Crippen molar-refractivity contribution in [2.45, 2.75) is 12.5 Å². The lowest BCUT2D eigenvalue weighted by molar-refractivity contribution is -0.124. The number of phenolic OH excluding ortho intramolecular Hbond substituents is 1. The monoisotopic (exact) mass is 363 g/mol. The van der Waals surface area contributed by atoms with Gasteiger partial charge in [-0.1, -0.05) is 30.3 Å². The zero-order valence-electron chi connectivity index (χ0n) is 13.3. The van der Waals surface area contributed by atoms with Gasteiger partial charge in [0.05, 0.1) is 11.5 Å². The Morgan fingerprint density at radius 1 is 1.20 bits per heavy atom. The second kappa shape index (κ2) is 6.72. The minimum atomic E-state index is -3.10. The number of amides is 1. The van der Waals surface area contributed by atoms with E-state index in [1.807, 2.05) is 6.07 Å². The average molecular weight is 363 g/mol. The molecule has 1 unspecified atom stereocenters. The number of aromatic hydroxyl groups is 1. The number of carbonyl (C=O) groups is 2. The maximum atomic E-state index is 12.1. The van der Waals surface area contributed by atoms with Crippen LogP contribution in [0, 0.1) is 0 Å². The summed E-state index contributed by atoms with van der Waals surface area (Å²) in [6.45, 7) is -0.540. The molecule has 0 radical (unpaired) electrons. The molecule has 2 aromatic rings. The van der Waals surface area contributed by atoms with E-state index in [1.165, 1.54) is 6.07 Å². The first-order chi connectivity index (χ1) is 11.9. The summed E-state index contributed by atoms with van der Waals surface area (Å²) >= 11 is 0. The van der Waals surface area contributed by atoms with Gasteiger partial charge in [-0.15, -0.1) is 0 Å². The molecule has 132 valence electrons. The first kappa shape index (κ1) is 17.2. The van der Waals surface area contributed by atoms with Crippen LogP contribution in [0.1, 0.15) is 16.8 Å². The summed E-state index contributed by atoms with van der Waals surface area (Å²) in [7, 11) is -3.10. The Labute approximate surface area is 144 Å². The van der Waals surface area contributed by atoms with Gasteiger partial charge in [0.1, 0.15) is 11.3 Å². The van der Waals surface area contributed by atoms with Crippen molar-refractivity contribution in [3.63, 3.8) is 0 Å². The molecule has 0 spiro atoms. The zero-order chi connectivity index (χ0) is 18.0. The molecule has 2 N–H and O–H groups in total. The predicted molar refractivity (Wildman–Crippen MR) is 91.1 cm³/mol. The summed E-state index contributed by atoms with van der Waals surface area (Å²) in [5.74, 6) is -1.65. The van der Waals surface area contributed by atoms with Crippen molar-refractivity contribution in [1.82, 2.24) is 5.32 Å². The highest BCUT2D eigenvalue weighted by atomic mass is 32.2. The highest BCUT2D eigenvalue weighted by Gasteiger charge is 2.29. The third kappa shape index (κ3) is 3.90. The number of hydrogen-bond donors (Lipinski definition) is 2. The van der Waals surface area contributed by atoms with Crippen molar-refractivity contribution in [1.29, 1.82) is 0 Å². The van der Waals surface area contributed by atoms with Crippen molar-refractivity contribution >= 4 is 32.5 Å². The van der Waals surface area contributed by atoms with Gasteiger partial charge in [0.25, 0.3) is 5.91 Å². The predicted octanol–water partition coefficient (Wildman–Crippen LogP) is 1.01. The van der Waals surface area contributed by atoms with Gasteiger partial charge in [-0.3, -0.25) is 4.79 Å². The topological polar surface area (TPSA) is 110 Å². The van der Waals surface area contributed by atoms with E-state index < -0.39 is 34.4 Å². The Hall–Kier alpha value is -2.61. The molecule has 1 aliphatic heterocycles. The molecule has 7 nitrogen and oxygen atoms in total. The van der Waals surface area contributed by atoms with Crippen molar-refractivity contribution < 1.29 is 27.9 Å². The van der Waals surface area contributed by atoms with Crippen molar-refractivity contribution in [2.75, 3.05) is 18.1 Å². The maximum absolute atomic E-state index is 12.1. The summed E-state index contributed by atoms with van der Waals surface area (Å²) in [5, 5.41) is 14.0. The van der Waals surface area contributed by atoms with E-state index in [0.29, 0.717) is 11.8 Å². The summed E-state index contributed by atoms with van der Waals surface area (Å²) in [6, 6.07) is 9.68. The molecule has 1 amide bonds. The highest BCUT2D eigenvalue weighted by molar-refractivity contribution is 7.91. The molecule has 1 heterocycles. The van der Waals surface area contributed by atoms with Crippen LogP contribution in [-0.2, 0) is 19.4 Å². The Morgan fingerprint density at radius 2 is 1.96 bits per heavy atom. The number of benzene rings is 2. The summed E-state index contributed by atoms with van der Waals surface area (Å²) in [6.07, 6.45) is 0.355. The molecule has 1 atom stereocenters. The van der Waals surface area contributed by atoms with Crippen LogP contribution in [0.15, 0.2) is 36.4 Å². The second-order valence-corrected chi connectivity index (χ2v) is 8.16. The first-order valence-corrected chi connectivity index (χ1v) is 9.55. The van der Waals surface area contributed by atoms with Gasteiger partial charge in [-0.2, -0.15) is 0 Å². The number of fused-ring (bicyclic) bond motifs is 1. The molecule has 0 aliphatic carbocycles. The number of hydrogen-bond acceptors (Lipinski definition) is 6. The Balaban J connectivity index is 1.61. The van der Waals surface area contributed by atoms with Crippen LogP contribution in [-0.4, -0.2) is 49.6 Å². The van der Waals surface area contributed by atoms with Crippen molar-refractivity contribution in [2.24, 2.45) is 0 Å².